The summed E-state index contributed by atoms with van der Waals surface area (Å²) >= 11 is 0. The van der Waals surface area contributed by atoms with Gasteiger partial charge >= 0.3 is 12.1 Å². The lowest BCUT2D eigenvalue weighted by atomic mass is 9.98. The second kappa shape index (κ2) is 7.98. The highest BCUT2D eigenvalue weighted by Gasteiger charge is 2.53. The Hall–Kier alpha value is -3.49. The molecule has 0 radical (unpaired) electrons. The van der Waals surface area contributed by atoms with E-state index in [1.54, 1.807) is 0 Å². The average molecular weight is 430 g/mol. The molecule has 1 saturated heterocycles. The van der Waals surface area contributed by atoms with Gasteiger partial charge in [-0.3, -0.25) is 9.59 Å². The average Bonchev–Trinajstić information content (AvgIpc) is 3.24. The predicted molar refractivity (Wildman–Crippen MR) is 106 cm³/mol. The fraction of sp³-hybridized carbons (Fsp3) is 0.318. The number of carbonyl (C=O) groups excluding carboxylic acids is 2. The summed E-state index contributed by atoms with van der Waals surface area (Å²) in [6, 6.07) is 15.6. The Labute approximate surface area is 176 Å². The van der Waals surface area contributed by atoms with Crippen molar-refractivity contribution < 1.29 is 33.0 Å². The number of fused-ring (bicyclic) bond motifs is 3. The Balaban J connectivity index is 1.33. The standard InChI is InChI=1S/C22H20F2N2O5/c23-22(24)12-26(10-18(22)20(28)29)19(27)9-25-21(30)31-11-17-15-7-3-1-5-13(15)14-6-2-4-8-16(14)17/h1-8,17-18H,9-12H2,(H,25,30)(H,28,29). The van der Waals surface area contributed by atoms with Crippen LogP contribution >= 0.6 is 0 Å². The number of nitrogens with one attached hydrogen (secondary N) is 1. The molecule has 2 N–H and O–H groups in total. The molecule has 1 atom stereocenters. The summed E-state index contributed by atoms with van der Waals surface area (Å²) in [5, 5.41) is 11.1. The van der Waals surface area contributed by atoms with Crippen molar-refractivity contribution >= 4 is 18.0 Å². The van der Waals surface area contributed by atoms with Gasteiger partial charge in [0, 0.05) is 12.5 Å². The predicted octanol–water partition coefficient (Wildman–Crippen LogP) is 2.70. The van der Waals surface area contributed by atoms with Crippen LogP contribution in [0.25, 0.3) is 11.1 Å². The molecule has 1 heterocycles. The first-order valence-corrected chi connectivity index (χ1v) is 9.75. The summed E-state index contributed by atoms with van der Waals surface area (Å²) in [5.41, 5.74) is 4.22. The van der Waals surface area contributed by atoms with Crippen LogP contribution < -0.4 is 5.32 Å². The van der Waals surface area contributed by atoms with Crippen LogP contribution in [0.3, 0.4) is 0 Å². The van der Waals surface area contributed by atoms with Crippen LogP contribution in [0.1, 0.15) is 17.0 Å². The van der Waals surface area contributed by atoms with E-state index < -0.39 is 49.4 Å². The number of halogens is 2. The monoisotopic (exact) mass is 430 g/mol. The fourth-order valence-electron chi connectivity index (χ4n) is 4.14. The van der Waals surface area contributed by atoms with Crippen LogP contribution in [0.5, 0.6) is 0 Å². The summed E-state index contributed by atoms with van der Waals surface area (Å²) in [6.07, 6.45) is -0.851. The van der Waals surface area contributed by atoms with Gasteiger partial charge in [-0.15, -0.1) is 0 Å². The lowest BCUT2D eigenvalue weighted by Gasteiger charge is -2.17. The lowest BCUT2D eigenvalue weighted by Crippen LogP contribution is -2.40. The third kappa shape index (κ3) is 3.95. The largest absolute Gasteiger partial charge is 0.481 e. The van der Waals surface area contributed by atoms with Gasteiger partial charge in [-0.05, 0) is 22.3 Å². The maximum Gasteiger partial charge on any atom is 0.407 e. The number of alkyl halides is 2. The van der Waals surface area contributed by atoms with E-state index in [9.17, 15) is 23.2 Å². The van der Waals surface area contributed by atoms with Crippen LogP contribution in [0.15, 0.2) is 48.5 Å². The maximum absolute atomic E-state index is 13.7. The van der Waals surface area contributed by atoms with Crippen molar-refractivity contribution in [3.05, 3.63) is 59.7 Å². The molecule has 0 spiro atoms. The van der Waals surface area contributed by atoms with Crippen molar-refractivity contribution in [2.24, 2.45) is 5.92 Å². The minimum atomic E-state index is -3.51. The zero-order chi connectivity index (χ0) is 22.2. The number of rotatable bonds is 5. The van der Waals surface area contributed by atoms with Crippen molar-refractivity contribution in [3.8, 4) is 11.1 Å². The molecule has 1 unspecified atom stereocenters. The van der Waals surface area contributed by atoms with Crippen LogP contribution in [0.4, 0.5) is 13.6 Å². The van der Waals surface area contributed by atoms with Crippen LogP contribution in [-0.2, 0) is 14.3 Å². The molecule has 1 aliphatic heterocycles. The first-order chi connectivity index (χ1) is 14.8. The first kappa shape index (κ1) is 20.8. The lowest BCUT2D eigenvalue weighted by molar-refractivity contribution is -0.151. The molecular weight excluding hydrogens is 410 g/mol. The minimum Gasteiger partial charge on any atom is -0.481 e. The molecular formula is C22H20F2N2O5. The molecule has 0 bridgehead atoms. The number of carbonyl (C=O) groups is 3. The number of carboxylic acid groups (broad SMARTS) is 1. The van der Waals surface area contributed by atoms with E-state index in [1.807, 2.05) is 48.5 Å². The Bertz CT molecular complexity index is 997. The van der Waals surface area contributed by atoms with Crippen molar-refractivity contribution in [3.63, 3.8) is 0 Å². The van der Waals surface area contributed by atoms with Gasteiger partial charge in [-0.1, -0.05) is 48.5 Å². The van der Waals surface area contributed by atoms with Crippen LogP contribution in [0, 0.1) is 5.92 Å². The van der Waals surface area contributed by atoms with Gasteiger partial charge in [0.1, 0.15) is 19.1 Å². The highest BCUT2D eigenvalue weighted by Crippen LogP contribution is 2.44. The van der Waals surface area contributed by atoms with E-state index in [0.29, 0.717) is 0 Å². The summed E-state index contributed by atoms with van der Waals surface area (Å²) < 4.78 is 32.7. The van der Waals surface area contributed by atoms with Crippen LogP contribution in [0.2, 0.25) is 0 Å². The molecule has 2 aromatic rings. The van der Waals surface area contributed by atoms with Crippen molar-refractivity contribution in [1.29, 1.82) is 0 Å². The number of hydrogen-bond donors (Lipinski definition) is 2. The van der Waals surface area contributed by atoms with E-state index >= 15 is 0 Å². The molecule has 2 aromatic carbocycles. The molecule has 0 aromatic heterocycles. The van der Waals surface area contributed by atoms with E-state index in [-0.39, 0.29) is 12.5 Å². The summed E-state index contributed by atoms with van der Waals surface area (Å²) in [4.78, 5) is 35.9. The van der Waals surface area contributed by atoms with E-state index in [0.717, 1.165) is 27.2 Å². The Kier molecular flexibility index (Phi) is 5.34. The SMILES string of the molecule is O=C(NCC(=O)N1CC(C(=O)O)C(F)(F)C1)OCC1c2ccccc2-c2ccccc21. The summed E-state index contributed by atoms with van der Waals surface area (Å²) in [6.45, 7) is -2.10. The van der Waals surface area contributed by atoms with Gasteiger partial charge in [0.2, 0.25) is 5.91 Å². The normalized spacial score (nSPS) is 18.9. The van der Waals surface area contributed by atoms with E-state index in [2.05, 4.69) is 5.32 Å². The van der Waals surface area contributed by atoms with Gasteiger partial charge < -0.3 is 20.1 Å². The maximum atomic E-state index is 13.7. The second-order valence-corrected chi connectivity index (χ2v) is 7.61. The summed E-state index contributed by atoms with van der Waals surface area (Å²) in [5.74, 6) is -8.07. The third-order valence-corrected chi connectivity index (χ3v) is 5.69. The molecule has 31 heavy (non-hydrogen) atoms. The molecule has 2 aliphatic rings. The molecule has 9 heteroatoms. The van der Waals surface area contributed by atoms with Gasteiger partial charge in [0.25, 0.3) is 5.92 Å². The number of amides is 2. The Morgan fingerprint density at radius 3 is 2.19 bits per heavy atom. The number of alkyl carbamates (subject to hydrolysis) is 1. The number of likely N-dealkylation sites (tertiary alicyclic amines) is 1. The minimum absolute atomic E-state index is 0.0525. The first-order valence-electron chi connectivity index (χ1n) is 9.75. The van der Waals surface area contributed by atoms with Crippen LogP contribution in [-0.4, -0.2) is 60.1 Å². The Morgan fingerprint density at radius 2 is 1.65 bits per heavy atom. The molecule has 2 amide bonds. The topological polar surface area (TPSA) is 95.9 Å². The third-order valence-electron chi connectivity index (χ3n) is 5.69. The quantitative estimate of drug-likeness (QED) is 0.761. The zero-order valence-electron chi connectivity index (χ0n) is 16.4. The molecule has 4 rings (SSSR count). The molecule has 7 nitrogen and oxygen atoms in total. The molecule has 1 aliphatic carbocycles. The highest BCUT2D eigenvalue weighted by molar-refractivity contribution is 5.84. The number of carboxylic acids is 1. The zero-order valence-corrected chi connectivity index (χ0v) is 16.4. The molecule has 0 saturated carbocycles. The van der Waals surface area contributed by atoms with E-state index in [4.69, 9.17) is 9.84 Å². The smallest absolute Gasteiger partial charge is 0.407 e. The van der Waals surface area contributed by atoms with Gasteiger partial charge in [-0.25, -0.2) is 13.6 Å². The highest BCUT2D eigenvalue weighted by atomic mass is 19.3. The molecule has 1 fully saturated rings. The summed E-state index contributed by atoms with van der Waals surface area (Å²) in [7, 11) is 0. The van der Waals surface area contributed by atoms with E-state index in [1.165, 1.54) is 0 Å². The van der Waals surface area contributed by atoms with Gasteiger partial charge in [-0.2, -0.15) is 0 Å². The van der Waals surface area contributed by atoms with Gasteiger partial charge in [0.15, 0.2) is 0 Å². The Morgan fingerprint density at radius 1 is 1.06 bits per heavy atom. The molecule has 162 valence electrons. The number of hydrogen-bond acceptors (Lipinski definition) is 4. The number of benzene rings is 2. The van der Waals surface area contributed by atoms with Gasteiger partial charge in [0.05, 0.1) is 6.54 Å². The number of ether oxygens (including phenoxy) is 1. The van der Waals surface area contributed by atoms with Crippen molar-refractivity contribution in [2.75, 3.05) is 26.2 Å². The number of aliphatic carboxylic acids is 1. The second-order valence-electron chi connectivity index (χ2n) is 7.61. The van der Waals surface area contributed by atoms with Crippen molar-refractivity contribution in [1.82, 2.24) is 10.2 Å². The van der Waals surface area contributed by atoms with Crippen molar-refractivity contribution in [2.45, 2.75) is 11.8 Å². The number of nitrogens with zero attached hydrogens (tertiary/aromatic N) is 1. The fourth-order valence-corrected chi connectivity index (χ4v) is 4.14.